The Labute approximate surface area is 114 Å². The monoisotopic (exact) mass is 265 g/mol. The molecule has 0 radical (unpaired) electrons. The van der Waals surface area contributed by atoms with Gasteiger partial charge in [0.15, 0.2) is 11.5 Å². The number of aliphatic hydroxyl groups is 1. The maximum absolute atomic E-state index is 10.1. The number of ether oxygens (including phenoxy) is 2. The lowest BCUT2D eigenvalue weighted by molar-refractivity contribution is 0.174. The van der Waals surface area contributed by atoms with Crippen LogP contribution in [0.15, 0.2) is 18.2 Å². The first-order valence-electron chi connectivity index (χ1n) is 7.09. The van der Waals surface area contributed by atoms with E-state index >= 15 is 0 Å². The van der Waals surface area contributed by atoms with Gasteiger partial charge in [-0.15, -0.1) is 0 Å². The maximum atomic E-state index is 10.1. The summed E-state index contributed by atoms with van der Waals surface area (Å²) in [6.07, 6.45) is 2.68. The van der Waals surface area contributed by atoms with E-state index in [0.717, 1.165) is 42.9 Å². The molecule has 0 saturated heterocycles. The van der Waals surface area contributed by atoms with Crippen molar-refractivity contribution in [2.24, 2.45) is 0 Å². The Hall–Kier alpha value is -1.26. The first kappa shape index (κ1) is 14.2. The molecule has 1 heterocycles. The SMILES string of the molecule is CCCCNCC(O)c1ccc2c(c1)OCCCO2. The van der Waals surface area contributed by atoms with Gasteiger partial charge in [-0.05, 0) is 30.7 Å². The molecule has 1 aliphatic heterocycles. The fraction of sp³-hybridized carbons (Fsp3) is 0.600. The Kier molecular flexibility index (Phi) is 5.48. The average Bonchev–Trinajstić information content (AvgIpc) is 2.67. The molecule has 106 valence electrons. The van der Waals surface area contributed by atoms with E-state index in [9.17, 15) is 5.11 Å². The summed E-state index contributed by atoms with van der Waals surface area (Å²) in [7, 11) is 0. The van der Waals surface area contributed by atoms with Gasteiger partial charge in [0, 0.05) is 13.0 Å². The predicted octanol–water partition coefficient (Wildman–Crippen LogP) is 2.27. The second kappa shape index (κ2) is 7.36. The minimum atomic E-state index is -0.506. The third-order valence-electron chi connectivity index (χ3n) is 3.20. The zero-order valence-corrected chi connectivity index (χ0v) is 11.5. The molecule has 0 saturated carbocycles. The van der Waals surface area contributed by atoms with E-state index in [2.05, 4.69) is 12.2 Å². The highest BCUT2D eigenvalue weighted by Crippen LogP contribution is 2.32. The van der Waals surface area contributed by atoms with E-state index in [4.69, 9.17) is 9.47 Å². The highest BCUT2D eigenvalue weighted by molar-refractivity contribution is 5.44. The fourth-order valence-corrected chi connectivity index (χ4v) is 2.05. The molecule has 1 atom stereocenters. The van der Waals surface area contributed by atoms with Gasteiger partial charge in [0.2, 0.25) is 0 Å². The molecular formula is C15H23NO3. The second-order valence-corrected chi connectivity index (χ2v) is 4.83. The van der Waals surface area contributed by atoms with Gasteiger partial charge in [-0.3, -0.25) is 0 Å². The van der Waals surface area contributed by atoms with Crippen molar-refractivity contribution in [2.45, 2.75) is 32.3 Å². The minimum Gasteiger partial charge on any atom is -0.490 e. The number of rotatable bonds is 6. The summed E-state index contributed by atoms with van der Waals surface area (Å²) >= 11 is 0. The number of unbranched alkanes of at least 4 members (excludes halogenated alkanes) is 1. The lowest BCUT2D eigenvalue weighted by Gasteiger charge is -2.14. The number of nitrogens with one attached hydrogen (secondary N) is 1. The van der Waals surface area contributed by atoms with Crippen molar-refractivity contribution >= 4 is 0 Å². The van der Waals surface area contributed by atoms with Crippen LogP contribution < -0.4 is 14.8 Å². The van der Waals surface area contributed by atoms with E-state index in [1.54, 1.807) is 0 Å². The van der Waals surface area contributed by atoms with E-state index in [1.165, 1.54) is 0 Å². The van der Waals surface area contributed by atoms with Crippen molar-refractivity contribution in [2.75, 3.05) is 26.3 Å². The molecule has 2 rings (SSSR count). The maximum Gasteiger partial charge on any atom is 0.161 e. The number of hydrogen-bond donors (Lipinski definition) is 2. The van der Waals surface area contributed by atoms with Gasteiger partial charge in [0.1, 0.15) is 0 Å². The number of hydrogen-bond acceptors (Lipinski definition) is 4. The van der Waals surface area contributed by atoms with Gasteiger partial charge in [0.05, 0.1) is 19.3 Å². The minimum absolute atomic E-state index is 0.506. The molecule has 0 fully saturated rings. The van der Waals surface area contributed by atoms with Crippen LogP contribution in [0.25, 0.3) is 0 Å². The largest absolute Gasteiger partial charge is 0.490 e. The Morgan fingerprint density at radius 2 is 2.05 bits per heavy atom. The van der Waals surface area contributed by atoms with E-state index < -0.39 is 6.10 Å². The first-order chi connectivity index (χ1) is 9.31. The third-order valence-corrected chi connectivity index (χ3v) is 3.20. The summed E-state index contributed by atoms with van der Waals surface area (Å²) in [6.45, 7) is 5.02. The molecule has 0 amide bonds. The van der Waals surface area contributed by atoms with Crippen LogP contribution in [0.1, 0.15) is 37.9 Å². The van der Waals surface area contributed by atoms with Crippen molar-refractivity contribution in [3.8, 4) is 11.5 Å². The molecule has 0 bridgehead atoms. The highest BCUT2D eigenvalue weighted by atomic mass is 16.5. The summed E-state index contributed by atoms with van der Waals surface area (Å²) in [5.74, 6) is 1.51. The Morgan fingerprint density at radius 3 is 2.84 bits per heavy atom. The van der Waals surface area contributed by atoms with Crippen LogP contribution in [-0.2, 0) is 0 Å². The number of aliphatic hydroxyl groups excluding tert-OH is 1. The molecule has 0 spiro atoms. The Balaban J connectivity index is 1.94. The van der Waals surface area contributed by atoms with Gasteiger partial charge in [-0.25, -0.2) is 0 Å². The number of benzene rings is 1. The fourth-order valence-electron chi connectivity index (χ4n) is 2.05. The van der Waals surface area contributed by atoms with E-state index in [1.807, 2.05) is 18.2 Å². The van der Waals surface area contributed by atoms with Crippen molar-refractivity contribution < 1.29 is 14.6 Å². The molecule has 2 N–H and O–H groups in total. The molecule has 4 heteroatoms. The van der Waals surface area contributed by atoms with Crippen LogP contribution in [0.4, 0.5) is 0 Å². The van der Waals surface area contributed by atoms with Crippen molar-refractivity contribution in [3.63, 3.8) is 0 Å². The summed E-state index contributed by atoms with van der Waals surface area (Å²) < 4.78 is 11.2. The molecule has 19 heavy (non-hydrogen) atoms. The van der Waals surface area contributed by atoms with E-state index in [0.29, 0.717) is 19.8 Å². The van der Waals surface area contributed by atoms with Crippen LogP contribution in [-0.4, -0.2) is 31.4 Å². The van der Waals surface area contributed by atoms with Gasteiger partial charge in [-0.2, -0.15) is 0 Å². The van der Waals surface area contributed by atoms with E-state index in [-0.39, 0.29) is 0 Å². The van der Waals surface area contributed by atoms with Gasteiger partial charge < -0.3 is 19.9 Å². The highest BCUT2D eigenvalue weighted by Gasteiger charge is 2.14. The van der Waals surface area contributed by atoms with Gasteiger partial charge in [0.25, 0.3) is 0 Å². The zero-order valence-electron chi connectivity index (χ0n) is 11.5. The first-order valence-corrected chi connectivity index (χ1v) is 7.09. The second-order valence-electron chi connectivity index (χ2n) is 4.83. The number of fused-ring (bicyclic) bond motifs is 1. The van der Waals surface area contributed by atoms with Gasteiger partial charge in [-0.1, -0.05) is 19.4 Å². The van der Waals surface area contributed by atoms with Crippen LogP contribution in [0.2, 0.25) is 0 Å². The van der Waals surface area contributed by atoms with Crippen molar-refractivity contribution in [1.29, 1.82) is 0 Å². The Morgan fingerprint density at radius 1 is 1.26 bits per heavy atom. The van der Waals surface area contributed by atoms with Crippen molar-refractivity contribution in [1.82, 2.24) is 5.32 Å². The topological polar surface area (TPSA) is 50.7 Å². The van der Waals surface area contributed by atoms with Crippen LogP contribution in [0, 0.1) is 0 Å². The lowest BCUT2D eigenvalue weighted by atomic mass is 10.1. The summed E-state index contributed by atoms with van der Waals surface area (Å²) in [5.41, 5.74) is 0.869. The summed E-state index contributed by atoms with van der Waals surface area (Å²) in [5, 5.41) is 13.4. The summed E-state index contributed by atoms with van der Waals surface area (Å²) in [4.78, 5) is 0. The standard InChI is InChI=1S/C15H23NO3/c1-2-3-7-16-11-13(17)12-5-6-14-15(10-12)19-9-4-8-18-14/h5-6,10,13,16-17H,2-4,7-9,11H2,1H3. The van der Waals surface area contributed by atoms with Crippen LogP contribution in [0.3, 0.4) is 0 Å². The molecule has 1 aromatic carbocycles. The van der Waals surface area contributed by atoms with Crippen LogP contribution in [0.5, 0.6) is 11.5 Å². The molecule has 1 unspecified atom stereocenters. The molecule has 4 nitrogen and oxygen atoms in total. The summed E-state index contributed by atoms with van der Waals surface area (Å²) in [6, 6.07) is 5.66. The van der Waals surface area contributed by atoms with Crippen LogP contribution >= 0.6 is 0 Å². The molecule has 1 aromatic rings. The zero-order chi connectivity index (χ0) is 13.5. The van der Waals surface area contributed by atoms with Gasteiger partial charge >= 0.3 is 0 Å². The lowest BCUT2D eigenvalue weighted by Crippen LogP contribution is -2.22. The quantitative estimate of drug-likeness (QED) is 0.775. The predicted molar refractivity (Wildman–Crippen MR) is 74.8 cm³/mol. The molecule has 1 aliphatic rings. The average molecular weight is 265 g/mol. The smallest absolute Gasteiger partial charge is 0.161 e. The normalized spacial score (nSPS) is 15.9. The third kappa shape index (κ3) is 4.11. The Bertz CT molecular complexity index is 395. The molecule has 0 aromatic heterocycles. The molecular weight excluding hydrogens is 242 g/mol. The molecule has 0 aliphatic carbocycles. The van der Waals surface area contributed by atoms with Crippen molar-refractivity contribution in [3.05, 3.63) is 23.8 Å².